The number of benzene rings is 2. The summed E-state index contributed by atoms with van der Waals surface area (Å²) in [5, 5.41) is 16.6. The van der Waals surface area contributed by atoms with Crippen LogP contribution in [0.2, 0.25) is 0 Å². The van der Waals surface area contributed by atoms with Crippen molar-refractivity contribution in [2.75, 3.05) is 38.7 Å². The molecule has 0 saturated carbocycles. The molecule has 158 valence electrons. The summed E-state index contributed by atoms with van der Waals surface area (Å²) in [4.78, 5) is 4.45. The van der Waals surface area contributed by atoms with E-state index in [0.29, 0.717) is 30.6 Å². The number of aliphatic hydroxyl groups excluding tert-OH is 1. The van der Waals surface area contributed by atoms with E-state index in [4.69, 9.17) is 14.2 Å². The first-order valence-electron chi connectivity index (χ1n) is 9.79. The zero-order valence-corrected chi connectivity index (χ0v) is 17.6. The first kappa shape index (κ1) is 22.4. The number of nitrogens with zero attached hydrogens (tertiary/aromatic N) is 1. The third-order valence-electron chi connectivity index (χ3n) is 3.96. The number of ether oxygens (including phenoxy) is 3. The monoisotopic (exact) mass is 401 g/mol. The summed E-state index contributed by atoms with van der Waals surface area (Å²) in [5.74, 6) is 2.62. The van der Waals surface area contributed by atoms with Gasteiger partial charge in [-0.2, -0.15) is 0 Å². The second kappa shape index (κ2) is 11.8. The van der Waals surface area contributed by atoms with Crippen molar-refractivity contribution in [3.63, 3.8) is 0 Å². The lowest BCUT2D eigenvalue weighted by Crippen LogP contribution is -2.32. The number of rotatable bonds is 10. The van der Waals surface area contributed by atoms with Gasteiger partial charge in [-0.25, -0.2) is 0 Å². The quantitative estimate of drug-likeness (QED) is 0.419. The average Bonchev–Trinajstić information content (AvgIpc) is 2.71. The number of anilines is 1. The molecule has 0 heterocycles. The lowest BCUT2D eigenvalue weighted by Gasteiger charge is -2.15. The van der Waals surface area contributed by atoms with Gasteiger partial charge in [0.25, 0.3) is 0 Å². The van der Waals surface area contributed by atoms with Crippen molar-refractivity contribution in [1.82, 2.24) is 5.32 Å². The smallest absolute Gasteiger partial charge is 0.195 e. The van der Waals surface area contributed by atoms with Crippen LogP contribution in [0.15, 0.2) is 47.5 Å². The summed E-state index contributed by atoms with van der Waals surface area (Å²) in [6, 6.07) is 13.3. The van der Waals surface area contributed by atoms with E-state index in [1.807, 2.05) is 63.2 Å². The molecule has 2 aromatic carbocycles. The fourth-order valence-electron chi connectivity index (χ4n) is 2.61. The van der Waals surface area contributed by atoms with Crippen LogP contribution in [-0.4, -0.2) is 50.6 Å². The van der Waals surface area contributed by atoms with Crippen LogP contribution < -0.4 is 24.8 Å². The minimum atomic E-state index is -0.721. The summed E-state index contributed by atoms with van der Waals surface area (Å²) in [6.45, 7) is 7.51. The van der Waals surface area contributed by atoms with Crippen molar-refractivity contribution in [2.45, 2.75) is 26.9 Å². The number of aliphatic imine (C=N–C) groups is 1. The Kier molecular flexibility index (Phi) is 9.11. The van der Waals surface area contributed by atoms with Gasteiger partial charge < -0.3 is 30.0 Å². The van der Waals surface area contributed by atoms with Crippen molar-refractivity contribution >= 4 is 11.6 Å². The maximum atomic E-state index is 10.2. The summed E-state index contributed by atoms with van der Waals surface area (Å²) in [6.07, 6.45) is -0.721. The predicted octanol–water partition coefficient (Wildman–Crippen LogP) is 3.22. The van der Waals surface area contributed by atoms with Gasteiger partial charge in [0, 0.05) is 18.3 Å². The molecule has 0 aliphatic heterocycles. The molecule has 2 aromatic rings. The van der Waals surface area contributed by atoms with Crippen LogP contribution in [0.1, 0.15) is 19.4 Å². The maximum absolute atomic E-state index is 10.2. The van der Waals surface area contributed by atoms with Crippen molar-refractivity contribution in [3.05, 3.63) is 48.0 Å². The molecule has 7 heteroatoms. The number of aliphatic hydroxyl groups is 1. The highest BCUT2D eigenvalue weighted by atomic mass is 16.5. The average molecular weight is 402 g/mol. The van der Waals surface area contributed by atoms with Crippen LogP contribution in [0, 0.1) is 6.92 Å². The minimum Gasteiger partial charge on any atom is -0.493 e. The summed E-state index contributed by atoms with van der Waals surface area (Å²) >= 11 is 0. The molecular weight excluding hydrogens is 370 g/mol. The van der Waals surface area contributed by atoms with Crippen molar-refractivity contribution in [2.24, 2.45) is 4.99 Å². The van der Waals surface area contributed by atoms with E-state index >= 15 is 0 Å². The summed E-state index contributed by atoms with van der Waals surface area (Å²) in [5.41, 5.74) is 1.92. The Morgan fingerprint density at radius 1 is 1.10 bits per heavy atom. The fourth-order valence-corrected chi connectivity index (χ4v) is 2.61. The molecule has 0 radical (unpaired) electrons. The van der Waals surface area contributed by atoms with Crippen LogP contribution in [0.3, 0.4) is 0 Å². The molecule has 2 rings (SSSR count). The van der Waals surface area contributed by atoms with Gasteiger partial charge in [-0.1, -0.05) is 12.1 Å². The van der Waals surface area contributed by atoms with Gasteiger partial charge in [0.1, 0.15) is 18.5 Å². The highest BCUT2D eigenvalue weighted by Gasteiger charge is 2.09. The molecule has 0 aliphatic rings. The molecule has 0 spiro atoms. The molecule has 1 atom stereocenters. The van der Waals surface area contributed by atoms with Gasteiger partial charge in [0.05, 0.1) is 20.3 Å². The number of aryl methyl sites for hydroxylation is 1. The van der Waals surface area contributed by atoms with E-state index in [-0.39, 0.29) is 13.2 Å². The standard InChI is InChI=1S/C22H31N3O4/c1-5-23-22(25-17-10-11-20(27-4)21(13-17)28-6-2)24-14-18(26)15-29-19-9-7-8-16(3)12-19/h7-13,18,26H,5-6,14-15H2,1-4H3,(H2,23,24,25). The molecule has 0 amide bonds. The molecule has 29 heavy (non-hydrogen) atoms. The van der Waals surface area contributed by atoms with E-state index < -0.39 is 6.10 Å². The van der Waals surface area contributed by atoms with Crippen LogP contribution in [0.5, 0.6) is 17.2 Å². The van der Waals surface area contributed by atoms with E-state index in [9.17, 15) is 5.11 Å². The molecule has 0 fully saturated rings. The van der Waals surface area contributed by atoms with Gasteiger partial charge >= 0.3 is 0 Å². The molecule has 0 bridgehead atoms. The van der Waals surface area contributed by atoms with Crippen LogP contribution >= 0.6 is 0 Å². The first-order valence-corrected chi connectivity index (χ1v) is 9.79. The minimum absolute atomic E-state index is 0.170. The van der Waals surface area contributed by atoms with E-state index in [2.05, 4.69) is 15.6 Å². The largest absolute Gasteiger partial charge is 0.493 e. The highest BCUT2D eigenvalue weighted by molar-refractivity contribution is 5.93. The maximum Gasteiger partial charge on any atom is 0.195 e. The van der Waals surface area contributed by atoms with Crippen molar-refractivity contribution in [1.29, 1.82) is 0 Å². The van der Waals surface area contributed by atoms with E-state index in [0.717, 1.165) is 17.0 Å². The van der Waals surface area contributed by atoms with E-state index in [1.165, 1.54) is 0 Å². The van der Waals surface area contributed by atoms with Crippen LogP contribution in [0.25, 0.3) is 0 Å². The number of nitrogens with one attached hydrogen (secondary N) is 2. The van der Waals surface area contributed by atoms with Gasteiger partial charge in [-0.05, 0) is 50.6 Å². The normalized spacial score (nSPS) is 12.2. The molecule has 0 saturated heterocycles. The summed E-state index contributed by atoms with van der Waals surface area (Å²) in [7, 11) is 1.61. The predicted molar refractivity (Wildman–Crippen MR) is 116 cm³/mol. The second-order valence-electron chi connectivity index (χ2n) is 6.42. The molecule has 0 aliphatic carbocycles. The molecule has 0 aromatic heterocycles. The SMILES string of the molecule is CCNC(=NCC(O)COc1cccc(C)c1)Nc1ccc(OC)c(OCC)c1. The summed E-state index contributed by atoms with van der Waals surface area (Å²) < 4.78 is 16.6. The third kappa shape index (κ3) is 7.54. The number of guanidine groups is 1. The molecule has 1 unspecified atom stereocenters. The Labute approximate surface area is 172 Å². The van der Waals surface area contributed by atoms with Gasteiger partial charge in [-0.3, -0.25) is 4.99 Å². The zero-order chi connectivity index (χ0) is 21.1. The number of methoxy groups -OCH3 is 1. The van der Waals surface area contributed by atoms with Crippen molar-refractivity contribution in [3.8, 4) is 17.2 Å². The van der Waals surface area contributed by atoms with Crippen LogP contribution in [-0.2, 0) is 0 Å². The molecular formula is C22H31N3O4. The third-order valence-corrected chi connectivity index (χ3v) is 3.96. The first-order chi connectivity index (χ1) is 14.0. The number of hydrogen-bond donors (Lipinski definition) is 3. The Bertz CT molecular complexity index is 795. The van der Waals surface area contributed by atoms with Gasteiger partial charge in [-0.15, -0.1) is 0 Å². The zero-order valence-electron chi connectivity index (χ0n) is 17.6. The Morgan fingerprint density at radius 3 is 2.62 bits per heavy atom. The number of hydrogen-bond acceptors (Lipinski definition) is 5. The highest BCUT2D eigenvalue weighted by Crippen LogP contribution is 2.30. The Balaban J connectivity index is 1.97. The van der Waals surface area contributed by atoms with Gasteiger partial charge in [0.2, 0.25) is 0 Å². The fraction of sp³-hybridized carbons (Fsp3) is 0.409. The Morgan fingerprint density at radius 2 is 1.93 bits per heavy atom. The molecule has 7 nitrogen and oxygen atoms in total. The van der Waals surface area contributed by atoms with Crippen molar-refractivity contribution < 1.29 is 19.3 Å². The lowest BCUT2D eigenvalue weighted by atomic mass is 10.2. The molecule has 3 N–H and O–H groups in total. The van der Waals surface area contributed by atoms with E-state index in [1.54, 1.807) is 7.11 Å². The topological polar surface area (TPSA) is 84.3 Å². The second-order valence-corrected chi connectivity index (χ2v) is 6.42. The van der Waals surface area contributed by atoms with Gasteiger partial charge in [0.15, 0.2) is 17.5 Å². The lowest BCUT2D eigenvalue weighted by molar-refractivity contribution is 0.114. The Hall–Kier alpha value is -2.93. The van der Waals surface area contributed by atoms with Crippen LogP contribution in [0.4, 0.5) is 5.69 Å².